The highest BCUT2D eigenvalue weighted by molar-refractivity contribution is 5.96. The second-order valence-corrected chi connectivity index (χ2v) is 6.54. The van der Waals surface area contributed by atoms with E-state index in [1.807, 2.05) is 49.4 Å². The Bertz CT molecular complexity index is 891. The van der Waals surface area contributed by atoms with Crippen molar-refractivity contribution in [3.05, 3.63) is 71.5 Å². The summed E-state index contributed by atoms with van der Waals surface area (Å²) in [5.74, 6) is 0.469. The lowest BCUT2D eigenvalue weighted by Crippen LogP contribution is -2.32. The van der Waals surface area contributed by atoms with E-state index in [9.17, 15) is 4.79 Å². The Morgan fingerprint density at radius 1 is 1.12 bits per heavy atom. The van der Waals surface area contributed by atoms with Crippen molar-refractivity contribution in [3.8, 4) is 0 Å². The second-order valence-electron chi connectivity index (χ2n) is 6.54. The number of amides is 1. The smallest absolute Gasteiger partial charge is 0.289 e. The second kappa shape index (κ2) is 6.90. The molecular formula is C20H21ClN2O2. The molecule has 1 saturated heterocycles. The minimum absolute atomic E-state index is 0. The van der Waals surface area contributed by atoms with E-state index in [1.165, 1.54) is 5.56 Å². The topological polar surface area (TPSA) is 59.5 Å². The molecule has 4 rings (SSSR count). The van der Waals surface area contributed by atoms with Crippen molar-refractivity contribution in [2.24, 2.45) is 5.73 Å². The number of likely N-dealkylation sites (tertiary alicyclic amines) is 1. The third kappa shape index (κ3) is 3.28. The van der Waals surface area contributed by atoms with Gasteiger partial charge in [0.15, 0.2) is 5.76 Å². The predicted molar refractivity (Wildman–Crippen MR) is 101 cm³/mol. The first-order chi connectivity index (χ1) is 11.6. The summed E-state index contributed by atoms with van der Waals surface area (Å²) in [7, 11) is 0. The van der Waals surface area contributed by atoms with Crippen LogP contribution in [0.3, 0.4) is 0 Å². The van der Waals surface area contributed by atoms with Crippen LogP contribution in [0.25, 0.3) is 11.0 Å². The number of benzene rings is 2. The Hall–Kier alpha value is -2.30. The van der Waals surface area contributed by atoms with Gasteiger partial charge < -0.3 is 15.1 Å². The Morgan fingerprint density at radius 3 is 2.64 bits per heavy atom. The third-order valence-electron chi connectivity index (χ3n) is 4.76. The fraction of sp³-hybridized carbons (Fsp3) is 0.250. The average Bonchev–Trinajstić information content (AvgIpc) is 3.18. The SMILES string of the molecule is Cc1ccc2oc(C(=O)N3C[C@@H](N)[C@H](c4ccccc4)C3)cc2c1.Cl. The summed E-state index contributed by atoms with van der Waals surface area (Å²) in [6.07, 6.45) is 0. The zero-order chi connectivity index (χ0) is 16.7. The van der Waals surface area contributed by atoms with Crippen molar-refractivity contribution in [1.29, 1.82) is 0 Å². The number of hydrogen-bond donors (Lipinski definition) is 1. The summed E-state index contributed by atoms with van der Waals surface area (Å²) in [5.41, 5.74) is 9.36. The van der Waals surface area contributed by atoms with E-state index in [4.69, 9.17) is 10.2 Å². The van der Waals surface area contributed by atoms with Crippen LogP contribution in [0.15, 0.2) is 59.0 Å². The molecule has 1 aromatic heterocycles. The molecule has 1 fully saturated rings. The molecule has 2 heterocycles. The van der Waals surface area contributed by atoms with Crippen LogP contribution < -0.4 is 5.73 Å². The molecule has 0 radical (unpaired) electrons. The molecule has 1 aliphatic rings. The van der Waals surface area contributed by atoms with E-state index < -0.39 is 0 Å². The molecule has 1 amide bonds. The molecule has 0 bridgehead atoms. The van der Waals surface area contributed by atoms with Gasteiger partial charge in [-0.3, -0.25) is 4.79 Å². The number of nitrogens with zero attached hydrogens (tertiary/aromatic N) is 1. The van der Waals surface area contributed by atoms with Crippen molar-refractivity contribution >= 4 is 29.3 Å². The lowest BCUT2D eigenvalue weighted by atomic mass is 9.95. The van der Waals surface area contributed by atoms with E-state index in [-0.39, 0.29) is 30.3 Å². The molecule has 0 aliphatic carbocycles. The van der Waals surface area contributed by atoms with E-state index in [0.717, 1.165) is 16.5 Å². The van der Waals surface area contributed by atoms with E-state index in [2.05, 4.69) is 12.1 Å². The molecule has 0 unspecified atom stereocenters. The molecule has 1 aliphatic heterocycles. The highest BCUT2D eigenvalue weighted by Gasteiger charge is 2.35. The van der Waals surface area contributed by atoms with Crippen molar-refractivity contribution in [3.63, 3.8) is 0 Å². The Morgan fingerprint density at radius 2 is 1.88 bits per heavy atom. The molecule has 25 heavy (non-hydrogen) atoms. The highest BCUT2D eigenvalue weighted by atomic mass is 35.5. The number of aryl methyl sites for hydroxylation is 1. The van der Waals surface area contributed by atoms with Gasteiger partial charge in [-0.15, -0.1) is 12.4 Å². The van der Waals surface area contributed by atoms with Crippen LogP contribution in [0.2, 0.25) is 0 Å². The van der Waals surface area contributed by atoms with Crippen molar-refractivity contribution < 1.29 is 9.21 Å². The maximum absolute atomic E-state index is 12.8. The molecular weight excluding hydrogens is 336 g/mol. The van der Waals surface area contributed by atoms with Crippen LogP contribution in [-0.2, 0) is 0 Å². The Kier molecular flexibility index (Phi) is 4.84. The van der Waals surface area contributed by atoms with Gasteiger partial charge in [-0.2, -0.15) is 0 Å². The molecule has 5 heteroatoms. The van der Waals surface area contributed by atoms with Crippen molar-refractivity contribution in [1.82, 2.24) is 4.90 Å². The minimum Gasteiger partial charge on any atom is -0.451 e. The van der Waals surface area contributed by atoms with Crippen molar-refractivity contribution in [2.45, 2.75) is 18.9 Å². The minimum atomic E-state index is -0.0854. The number of carbonyl (C=O) groups excluding carboxylic acids is 1. The number of halogens is 1. The number of rotatable bonds is 2. The molecule has 2 atom stereocenters. The summed E-state index contributed by atoms with van der Waals surface area (Å²) >= 11 is 0. The Labute approximate surface area is 153 Å². The van der Waals surface area contributed by atoms with Gasteiger partial charge in [0.2, 0.25) is 0 Å². The number of hydrogen-bond acceptors (Lipinski definition) is 3. The average molecular weight is 357 g/mol. The normalized spacial score (nSPS) is 19.8. The third-order valence-corrected chi connectivity index (χ3v) is 4.76. The van der Waals surface area contributed by atoms with Gasteiger partial charge in [0.05, 0.1) is 0 Å². The van der Waals surface area contributed by atoms with Gasteiger partial charge in [0, 0.05) is 30.4 Å². The first-order valence-electron chi connectivity index (χ1n) is 8.22. The fourth-order valence-corrected chi connectivity index (χ4v) is 3.47. The summed E-state index contributed by atoms with van der Waals surface area (Å²) in [6, 6.07) is 17.8. The quantitative estimate of drug-likeness (QED) is 0.761. The first kappa shape index (κ1) is 17.5. The van der Waals surface area contributed by atoms with Crippen LogP contribution >= 0.6 is 12.4 Å². The molecule has 130 valence electrons. The number of nitrogens with two attached hydrogens (primary N) is 1. The number of carbonyl (C=O) groups is 1. The Balaban J connectivity index is 0.00000182. The van der Waals surface area contributed by atoms with Crippen LogP contribution in [0.1, 0.15) is 27.6 Å². The van der Waals surface area contributed by atoms with Gasteiger partial charge in [0.1, 0.15) is 5.58 Å². The molecule has 3 aromatic rings. The van der Waals surface area contributed by atoms with Crippen LogP contribution in [0.5, 0.6) is 0 Å². The largest absolute Gasteiger partial charge is 0.451 e. The molecule has 4 nitrogen and oxygen atoms in total. The highest BCUT2D eigenvalue weighted by Crippen LogP contribution is 2.29. The molecule has 2 aromatic carbocycles. The first-order valence-corrected chi connectivity index (χ1v) is 8.22. The maximum Gasteiger partial charge on any atom is 0.289 e. The summed E-state index contributed by atoms with van der Waals surface area (Å²) in [5, 5.41) is 0.960. The summed E-state index contributed by atoms with van der Waals surface area (Å²) in [4.78, 5) is 14.6. The van der Waals surface area contributed by atoms with Crippen molar-refractivity contribution in [2.75, 3.05) is 13.1 Å². The van der Waals surface area contributed by atoms with Gasteiger partial charge in [0.25, 0.3) is 5.91 Å². The molecule has 2 N–H and O–H groups in total. The van der Waals surface area contributed by atoms with Gasteiger partial charge in [-0.05, 0) is 30.7 Å². The lowest BCUT2D eigenvalue weighted by Gasteiger charge is -2.15. The fourth-order valence-electron chi connectivity index (χ4n) is 3.47. The van der Waals surface area contributed by atoms with E-state index in [0.29, 0.717) is 18.8 Å². The standard InChI is InChI=1S/C20H20N2O2.ClH/c1-13-7-8-18-15(9-13)10-19(24-18)20(23)22-11-16(17(21)12-22)14-5-3-2-4-6-14;/h2-10,16-17H,11-12,21H2,1H3;1H/t16-,17+;/m0./s1. The van der Waals surface area contributed by atoms with Crippen LogP contribution in [0.4, 0.5) is 0 Å². The molecule has 0 saturated carbocycles. The van der Waals surface area contributed by atoms with E-state index >= 15 is 0 Å². The number of furan rings is 1. The number of fused-ring (bicyclic) bond motifs is 1. The van der Waals surface area contributed by atoms with Gasteiger partial charge in [-0.25, -0.2) is 0 Å². The lowest BCUT2D eigenvalue weighted by molar-refractivity contribution is 0.0760. The zero-order valence-electron chi connectivity index (χ0n) is 14.0. The van der Waals surface area contributed by atoms with Crippen LogP contribution in [0, 0.1) is 6.92 Å². The van der Waals surface area contributed by atoms with Gasteiger partial charge in [-0.1, -0.05) is 42.0 Å². The van der Waals surface area contributed by atoms with E-state index in [1.54, 1.807) is 4.90 Å². The van der Waals surface area contributed by atoms with Crippen LogP contribution in [-0.4, -0.2) is 29.9 Å². The monoisotopic (exact) mass is 356 g/mol. The van der Waals surface area contributed by atoms with Gasteiger partial charge >= 0.3 is 0 Å². The molecule has 0 spiro atoms. The maximum atomic E-state index is 12.8. The summed E-state index contributed by atoms with van der Waals surface area (Å²) < 4.78 is 5.74. The zero-order valence-corrected chi connectivity index (χ0v) is 14.8. The summed E-state index contributed by atoms with van der Waals surface area (Å²) in [6.45, 7) is 3.20. The predicted octanol–water partition coefficient (Wildman–Crippen LogP) is 3.73.